The number of thiophene rings is 1. The highest BCUT2D eigenvalue weighted by molar-refractivity contribution is 7.10. The maximum Gasteiger partial charge on any atom is 0.221 e. The van der Waals surface area contributed by atoms with Crippen molar-refractivity contribution in [3.63, 3.8) is 0 Å². The molecule has 2 atom stereocenters. The molecule has 1 aliphatic rings. The first-order chi connectivity index (χ1) is 8.95. The van der Waals surface area contributed by atoms with Crippen molar-refractivity contribution in [2.24, 2.45) is 5.41 Å². The maximum absolute atomic E-state index is 11.1. The zero-order chi connectivity index (χ0) is 14.0. The van der Waals surface area contributed by atoms with Gasteiger partial charge in [0.05, 0.1) is 11.8 Å². The van der Waals surface area contributed by atoms with Crippen molar-refractivity contribution in [1.29, 1.82) is 0 Å². The highest BCUT2D eigenvalue weighted by Crippen LogP contribution is 2.42. The number of carbonyl (C=O) groups excluding carboxylic acids is 1. The molecule has 1 fully saturated rings. The van der Waals surface area contributed by atoms with Gasteiger partial charge >= 0.3 is 0 Å². The van der Waals surface area contributed by atoms with E-state index < -0.39 is 0 Å². The van der Waals surface area contributed by atoms with E-state index in [1.165, 1.54) is 11.8 Å². The van der Waals surface area contributed by atoms with Crippen LogP contribution in [0.2, 0.25) is 0 Å². The molecule has 1 saturated carbocycles. The Morgan fingerprint density at radius 3 is 2.89 bits per heavy atom. The van der Waals surface area contributed by atoms with E-state index in [9.17, 15) is 4.79 Å². The van der Waals surface area contributed by atoms with Crippen molar-refractivity contribution in [3.8, 4) is 0 Å². The minimum absolute atomic E-state index is 0.0249. The van der Waals surface area contributed by atoms with E-state index in [4.69, 9.17) is 4.74 Å². The molecular formula is C14H22N2O2S. The highest BCUT2D eigenvalue weighted by Gasteiger charge is 2.48. The molecule has 5 heteroatoms. The summed E-state index contributed by atoms with van der Waals surface area (Å²) in [5.74, 6) is -0.0249. The van der Waals surface area contributed by atoms with Gasteiger partial charge in [-0.25, -0.2) is 0 Å². The Hall–Kier alpha value is -0.910. The van der Waals surface area contributed by atoms with E-state index in [-0.39, 0.29) is 11.3 Å². The first-order valence-corrected chi connectivity index (χ1v) is 7.43. The van der Waals surface area contributed by atoms with Gasteiger partial charge in [-0.15, -0.1) is 11.3 Å². The van der Waals surface area contributed by atoms with Crippen LogP contribution >= 0.6 is 11.3 Å². The molecule has 0 saturated heterocycles. The Balaban J connectivity index is 1.90. The third-order valence-corrected chi connectivity index (χ3v) is 4.95. The average molecular weight is 282 g/mol. The van der Waals surface area contributed by atoms with Gasteiger partial charge in [0.25, 0.3) is 0 Å². The summed E-state index contributed by atoms with van der Waals surface area (Å²) < 4.78 is 5.45. The fraction of sp³-hybridized carbons (Fsp3) is 0.643. The van der Waals surface area contributed by atoms with E-state index >= 15 is 0 Å². The number of anilines is 1. The van der Waals surface area contributed by atoms with Crippen molar-refractivity contribution in [1.82, 2.24) is 5.32 Å². The molecule has 1 aromatic heterocycles. The second-order valence-corrected chi connectivity index (χ2v) is 6.65. The van der Waals surface area contributed by atoms with E-state index in [0.29, 0.717) is 12.1 Å². The maximum atomic E-state index is 11.1. The van der Waals surface area contributed by atoms with Gasteiger partial charge < -0.3 is 15.4 Å². The van der Waals surface area contributed by atoms with Gasteiger partial charge in [0, 0.05) is 36.9 Å². The summed E-state index contributed by atoms with van der Waals surface area (Å²) in [4.78, 5) is 12.3. The molecule has 2 rings (SSSR count). The lowest BCUT2D eigenvalue weighted by Crippen LogP contribution is -2.60. The average Bonchev–Trinajstić information content (AvgIpc) is 2.74. The highest BCUT2D eigenvalue weighted by atomic mass is 32.1. The van der Waals surface area contributed by atoms with Crippen LogP contribution in [0.1, 0.15) is 32.1 Å². The molecule has 4 nitrogen and oxygen atoms in total. The molecule has 0 spiro atoms. The predicted octanol–water partition coefficient (Wildman–Crippen LogP) is 2.61. The molecule has 0 bridgehead atoms. The second kappa shape index (κ2) is 5.61. The molecule has 2 unspecified atom stereocenters. The summed E-state index contributed by atoms with van der Waals surface area (Å²) in [6.45, 7) is 6.78. The van der Waals surface area contributed by atoms with Crippen molar-refractivity contribution in [2.75, 3.05) is 12.4 Å². The van der Waals surface area contributed by atoms with E-state index in [1.54, 1.807) is 18.4 Å². The number of rotatable bonds is 5. The SMILES string of the molecule is COC1CC(NCc2sccc2NC(C)=O)C1(C)C. The van der Waals surface area contributed by atoms with Gasteiger partial charge in [0.15, 0.2) is 0 Å². The van der Waals surface area contributed by atoms with Crippen molar-refractivity contribution < 1.29 is 9.53 Å². The molecule has 1 heterocycles. The van der Waals surface area contributed by atoms with Crippen LogP contribution in [0.5, 0.6) is 0 Å². The second-order valence-electron chi connectivity index (χ2n) is 5.65. The Labute approximate surface area is 118 Å². The number of ether oxygens (including phenoxy) is 1. The third kappa shape index (κ3) is 2.99. The van der Waals surface area contributed by atoms with E-state index in [2.05, 4.69) is 24.5 Å². The minimum atomic E-state index is -0.0249. The van der Waals surface area contributed by atoms with Crippen LogP contribution in [0.3, 0.4) is 0 Å². The first kappa shape index (κ1) is 14.5. The van der Waals surface area contributed by atoms with Gasteiger partial charge in [-0.2, -0.15) is 0 Å². The van der Waals surface area contributed by atoms with Gasteiger partial charge in [-0.1, -0.05) is 13.8 Å². The van der Waals surface area contributed by atoms with Crippen molar-refractivity contribution in [2.45, 2.75) is 45.9 Å². The molecule has 106 valence electrons. The Morgan fingerprint density at radius 1 is 1.58 bits per heavy atom. The molecule has 2 N–H and O–H groups in total. The zero-order valence-electron chi connectivity index (χ0n) is 11.9. The number of hydrogen-bond acceptors (Lipinski definition) is 4. The Morgan fingerprint density at radius 2 is 2.32 bits per heavy atom. The van der Waals surface area contributed by atoms with Crippen molar-refractivity contribution >= 4 is 22.9 Å². The topological polar surface area (TPSA) is 50.4 Å². The van der Waals surface area contributed by atoms with Crippen LogP contribution < -0.4 is 10.6 Å². The first-order valence-electron chi connectivity index (χ1n) is 6.55. The van der Waals surface area contributed by atoms with Crippen LogP contribution in [-0.4, -0.2) is 25.2 Å². The number of carbonyl (C=O) groups is 1. The standard InChI is InChI=1S/C14H22N2O2S/c1-9(17)16-10-5-6-19-11(10)8-15-12-7-13(18-4)14(12,2)3/h5-6,12-13,15H,7-8H2,1-4H3,(H,16,17). The summed E-state index contributed by atoms with van der Waals surface area (Å²) in [5, 5.41) is 8.44. The summed E-state index contributed by atoms with van der Waals surface area (Å²) in [5.41, 5.74) is 1.09. The Kier molecular flexibility index (Phi) is 4.28. The fourth-order valence-electron chi connectivity index (χ4n) is 2.63. The van der Waals surface area contributed by atoms with Gasteiger partial charge in [-0.05, 0) is 17.9 Å². The van der Waals surface area contributed by atoms with Gasteiger partial charge in [-0.3, -0.25) is 4.79 Å². The molecule has 1 aromatic rings. The summed E-state index contributed by atoms with van der Waals surface area (Å²) in [6.07, 6.45) is 1.38. The normalized spacial score (nSPS) is 24.8. The van der Waals surface area contributed by atoms with Gasteiger partial charge in [0.1, 0.15) is 0 Å². The smallest absolute Gasteiger partial charge is 0.221 e. The number of methoxy groups -OCH3 is 1. The van der Waals surface area contributed by atoms with E-state index in [1.807, 2.05) is 11.4 Å². The molecule has 1 aliphatic carbocycles. The lowest BCUT2D eigenvalue weighted by Gasteiger charge is -2.51. The number of nitrogens with one attached hydrogen (secondary N) is 2. The van der Waals surface area contributed by atoms with Crippen LogP contribution in [0.15, 0.2) is 11.4 Å². The molecular weight excluding hydrogens is 260 g/mol. The third-order valence-electron chi connectivity index (χ3n) is 4.03. The predicted molar refractivity (Wildman–Crippen MR) is 78.4 cm³/mol. The quantitative estimate of drug-likeness (QED) is 0.873. The molecule has 0 aliphatic heterocycles. The molecule has 19 heavy (non-hydrogen) atoms. The summed E-state index contributed by atoms with van der Waals surface area (Å²) in [7, 11) is 1.77. The number of hydrogen-bond donors (Lipinski definition) is 2. The molecule has 1 amide bonds. The summed E-state index contributed by atoms with van der Waals surface area (Å²) in [6, 6.07) is 2.41. The Bertz CT molecular complexity index is 456. The zero-order valence-corrected chi connectivity index (χ0v) is 12.8. The van der Waals surface area contributed by atoms with E-state index in [0.717, 1.165) is 18.7 Å². The summed E-state index contributed by atoms with van der Waals surface area (Å²) >= 11 is 1.67. The lowest BCUT2D eigenvalue weighted by atomic mass is 9.64. The largest absolute Gasteiger partial charge is 0.381 e. The van der Waals surface area contributed by atoms with Crippen LogP contribution in [-0.2, 0) is 16.1 Å². The number of amides is 1. The molecule has 0 aromatic carbocycles. The monoisotopic (exact) mass is 282 g/mol. The minimum Gasteiger partial charge on any atom is -0.381 e. The fourth-order valence-corrected chi connectivity index (χ4v) is 3.41. The molecule has 0 radical (unpaired) electrons. The van der Waals surface area contributed by atoms with Crippen LogP contribution in [0, 0.1) is 5.41 Å². The van der Waals surface area contributed by atoms with Crippen molar-refractivity contribution in [3.05, 3.63) is 16.3 Å². The van der Waals surface area contributed by atoms with Gasteiger partial charge in [0.2, 0.25) is 5.91 Å². The van der Waals surface area contributed by atoms with Crippen LogP contribution in [0.4, 0.5) is 5.69 Å². The lowest BCUT2D eigenvalue weighted by molar-refractivity contribution is -0.114. The van der Waals surface area contributed by atoms with Crippen LogP contribution in [0.25, 0.3) is 0 Å².